The zero-order valence-electron chi connectivity index (χ0n) is 6.53. The second-order valence-corrected chi connectivity index (χ2v) is 2.15. The van der Waals surface area contributed by atoms with Crippen molar-refractivity contribution in [1.82, 2.24) is 0 Å². The first-order valence-electron chi connectivity index (χ1n) is 3.52. The molecule has 0 saturated heterocycles. The van der Waals surface area contributed by atoms with Crippen LogP contribution in [0.25, 0.3) is 0 Å². The molecule has 0 aliphatic carbocycles. The molecule has 0 rings (SSSR count). The highest BCUT2D eigenvalue weighted by Crippen LogP contribution is 2.01. The van der Waals surface area contributed by atoms with E-state index >= 15 is 0 Å². The monoisotopic (exact) mass is 152 g/mol. The van der Waals surface area contributed by atoms with E-state index in [2.05, 4.69) is 13.2 Å². The van der Waals surface area contributed by atoms with Gasteiger partial charge in [-0.3, -0.25) is 0 Å². The first-order chi connectivity index (χ1) is 5.22. The van der Waals surface area contributed by atoms with Gasteiger partial charge in [0.2, 0.25) is 0 Å². The van der Waals surface area contributed by atoms with Gasteiger partial charge in [0.05, 0.1) is 0 Å². The Hall–Kier alpha value is -0.795. The molecule has 0 aromatic rings. The Balaban J connectivity index is 3.90. The van der Waals surface area contributed by atoms with Gasteiger partial charge in [-0.25, -0.2) is 0 Å². The van der Waals surface area contributed by atoms with Gasteiger partial charge in [0, 0.05) is 0 Å². The van der Waals surface area contributed by atoms with Crippen LogP contribution in [0, 0.1) is 0 Å². The molecule has 0 aromatic carbocycles. The smallest absolute Gasteiger partial charge is 0.423 e. The minimum atomic E-state index is -1.41. The fourth-order valence-corrected chi connectivity index (χ4v) is 0.662. The van der Waals surface area contributed by atoms with Crippen LogP contribution in [0.4, 0.5) is 0 Å². The third-order valence-corrected chi connectivity index (χ3v) is 1.28. The summed E-state index contributed by atoms with van der Waals surface area (Å²) >= 11 is 0. The first-order valence-corrected chi connectivity index (χ1v) is 3.52. The zero-order chi connectivity index (χ0) is 8.69. The van der Waals surface area contributed by atoms with Crippen LogP contribution >= 0.6 is 0 Å². The topological polar surface area (TPSA) is 40.5 Å². The van der Waals surface area contributed by atoms with Crippen LogP contribution in [0.3, 0.4) is 0 Å². The Morgan fingerprint density at radius 2 is 1.91 bits per heavy atom. The molecule has 0 unspecified atom stereocenters. The highest BCUT2D eigenvalue weighted by molar-refractivity contribution is 6.51. The molecule has 0 aliphatic rings. The summed E-state index contributed by atoms with van der Waals surface area (Å²) in [6.45, 7) is 7.00. The molecule has 0 amide bonds. The molecule has 0 saturated carbocycles. The highest BCUT2D eigenvalue weighted by atomic mass is 16.4. The summed E-state index contributed by atoms with van der Waals surface area (Å²) in [6, 6.07) is 0. The number of rotatable bonds is 5. The Labute approximate surface area is 67.7 Å². The molecular weight excluding hydrogens is 139 g/mol. The van der Waals surface area contributed by atoms with E-state index in [0.29, 0.717) is 5.47 Å². The molecule has 0 aliphatic heterocycles. The quantitative estimate of drug-likeness (QED) is 0.268. The molecule has 0 radical (unpaired) electrons. The molecule has 2 nitrogen and oxygen atoms in total. The van der Waals surface area contributed by atoms with E-state index in [1.54, 1.807) is 12.2 Å². The molecule has 0 heterocycles. The van der Waals surface area contributed by atoms with Crippen LogP contribution in [0.5, 0.6) is 0 Å². The zero-order valence-corrected chi connectivity index (χ0v) is 6.53. The van der Waals surface area contributed by atoms with Crippen molar-refractivity contribution in [2.45, 2.75) is 12.8 Å². The van der Waals surface area contributed by atoms with E-state index in [1.807, 2.05) is 0 Å². The van der Waals surface area contributed by atoms with Crippen molar-refractivity contribution in [2.75, 3.05) is 0 Å². The molecule has 3 heteroatoms. The van der Waals surface area contributed by atoms with Crippen molar-refractivity contribution in [3.05, 3.63) is 36.9 Å². The van der Waals surface area contributed by atoms with Crippen molar-refractivity contribution < 1.29 is 10.0 Å². The lowest BCUT2D eigenvalue weighted by molar-refractivity contribution is 0.420. The Bertz CT molecular complexity index is 161. The van der Waals surface area contributed by atoms with Crippen LogP contribution in [0.1, 0.15) is 12.8 Å². The summed E-state index contributed by atoms with van der Waals surface area (Å²) < 4.78 is 0. The van der Waals surface area contributed by atoms with Crippen LogP contribution in [-0.2, 0) is 0 Å². The first kappa shape index (κ1) is 10.2. The van der Waals surface area contributed by atoms with E-state index in [0.717, 1.165) is 12.8 Å². The summed E-state index contributed by atoms with van der Waals surface area (Å²) in [5.41, 5.74) is 0.451. The molecule has 11 heavy (non-hydrogen) atoms. The minimum absolute atomic E-state index is 0.451. The average Bonchev–Trinajstić information content (AvgIpc) is 1.97. The summed E-state index contributed by atoms with van der Waals surface area (Å²) in [5, 5.41) is 17.4. The van der Waals surface area contributed by atoms with Gasteiger partial charge in [-0.2, -0.15) is 0 Å². The largest absolute Gasteiger partial charge is 0.488 e. The van der Waals surface area contributed by atoms with Gasteiger partial charge in [-0.15, -0.1) is 6.58 Å². The van der Waals surface area contributed by atoms with Gasteiger partial charge < -0.3 is 10.0 Å². The Morgan fingerprint density at radius 1 is 1.27 bits per heavy atom. The third-order valence-electron chi connectivity index (χ3n) is 1.28. The molecule has 2 N–H and O–H groups in total. The number of hydrogen-bond donors (Lipinski definition) is 2. The SMILES string of the molecule is C=CCC/C=C(\C=C)B(O)O. The maximum absolute atomic E-state index is 8.70. The van der Waals surface area contributed by atoms with Gasteiger partial charge in [-0.1, -0.05) is 24.8 Å². The van der Waals surface area contributed by atoms with E-state index in [-0.39, 0.29) is 0 Å². The lowest BCUT2D eigenvalue weighted by Crippen LogP contribution is -2.13. The van der Waals surface area contributed by atoms with Crippen molar-refractivity contribution in [2.24, 2.45) is 0 Å². The fraction of sp³-hybridized carbons (Fsp3) is 0.250. The summed E-state index contributed by atoms with van der Waals surface area (Å²) in [6.07, 6.45) is 6.56. The van der Waals surface area contributed by atoms with Crippen molar-refractivity contribution >= 4 is 7.12 Å². The predicted octanol–water partition coefficient (Wildman–Crippen LogP) is 1.08. The molecular formula is C8H13BO2. The molecule has 0 aromatic heterocycles. The van der Waals surface area contributed by atoms with Crippen LogP contribution in [0.15, 0.2) is 36.9 Å². The van der Waals surface area contributed by atoms with Crippen LogP contribution < -0.4 is 0 Å². The van der Waals surface area contributed by atoms with E-state index < -0.39 is 7.12 Å². The second kappa shape index (κ2) is 5.95. The minimum Gasteiger partial charge on any atom is -0.423 e. The molecule has 0 fully saturated rings. The van der Waals surface area contributed by atoms with Gasteiger partial charge in [-0.05, 0) is 18.3 Å². The maximum Gasteiger partial charge on any atom is 0.488 e. The van der Waals surface area contributed by atoms with Gasteiger partial charge in [0.15, 0.2) is 0 Å². The van der Waals surface area contributed by atoms with Gasteiger partial charge in [0.1, 0.15) is 0 Å². The molecule has 60 valence electrons. The van der Waals surface area contributed by atoms with Crippen molar-refractivity contribution in [1.29, 1.82) is 0 Å². The fourth-order valence-electron chi connectivity index (χ4n) is 0.662. The normalized spacial score (nSPS) is 10.9. The lowest BCUT2D eigenvalue weighted by atomic mass is 9.79. The number of unbranched alkanes of at least 4 members (excludes halogenated alkanes) is 1. The van der Waals surface area contributed by atoms with Gasteiger partial charge >= 0.3 is 7.12 Å². The van der Waals surface area contributed by atoms with Crippen molar-refractivity contribution in [3.8, 4) is 0 Å². The number of hydrogen-bond acceptors (Lipinski definition) is 2. The Kier molecular flexibility index (Phi) is 5.52. The molecule has 0 bridgehead atoms. The summed E-state index contributed by atoms with van der Waals surface area (Å²) in [7, 11) is -1.41. The standard InChI is InChI=1S/C8H13BO2/c1-3-5-6-7-8(4-2)9(10)11/h3-4,7,10-11H,1-2,5-6H2/b8-7+. The highest BCUT2D eigenvalue weighted by Gasteiger charge is 2.09. The molecule has 0 spiro atoms. The number of allylic oxidation sites excluding steroid dienone is 4. The van der Waals surface area contributed by atoms with E-state index in [9.17, 15) is 0 Å². The van der Waals surface area contributed by atoms with E-state index in [4.69, 9.17) is 10.0 Å². The predicted molar refractivity (Wildman–Crippen MR) is 47.9 cm³/mol. The van der Waals surface area contributed by atoms with Crippen LogP contribution in [0.2, 0.25) is 0 Å². The van der Waals surface area contributed by atoms with Gasteiger partial charge in [0.25, 0.3) is 0 Å². The second-order valence-electron chi connectivity index (χ2n) is 2.15. The van der Waals surface area contributed by atoms with E-state index in [1.165, 1.54) is 6.08 Å². The third kappa shape index (κ3) is 4.59. The molecule has 0 atom stereocenters. The maximum atomic E-state index is 8.70. The Morgan fingerprint density at radius 3 is 2.27 bits per heavy atom. The van der Waals surface area contributed by atoms with Crippen LogP contribution in [-0.4, -0.2) is 17.2 Å². The van der Waals surface area contributed by atoms with Crippen molar-refractivity contribution in [3.63, 3.8) is 0 Å². The summed E-state index contributed by atoms with van der Waals surface area (Å²) in [5.74, 6) is 0. The lowest BCUT2D eigenvalue weighted by Gasteiger charge is -1.97. The average molecular weight is 152 g/mol. The summed E-state index contributed by atoms with van der Waals surface area (Å²) in [4.78, 5) is 0.